The molecule has 3 unspecified atom stereocenters. The maximum Gasteiger partial charge on any atom is 0.310 e. The number of piperidine rings is 1. The Morgan fingerprint density at radius 2 is 2.05 bits per heavy atom. The number of carboxylic acids is 1. The van der Waals surface area contributed by atoms with Gasteiger partial charge < -0.3 is 5.11 Å². The van der Waals surface area contributed by atoms with Crippen LogP contribution < -0.4 is 0 Å². The number of hydrogen-bond acceptors (Lipinski definition) is 2. The molecule has 0 aromatic heterocycles. The van der Waals surface area contributed by atoms with Gasteiger partial charge in [0.2, 0.25) is 0 Å². The van der Waals surface area contributed by atoms with Crippen LogP contribution >= 0.6 is 0 Å². The summed E-state index contributed by atoms with van der Waals surface area (Å²) in [7, 11) is 0. The molecular formula is C18H33NO2. The van der Waals surface area contributed by atoms with Gasteiger partial charge in [0, 0.05) is 12.6 Å². The number of carbonyl (C=O) groups is 1. The molecule has 1 heterocycles. The van der Waals surface area contributed by atoms with E-state index >= 15 is 0 Å². The summed E-state index contributed by atoms with van der Waals surface area (Å²) in [5.74, 6) is 0.109. The second kappa shape index (κ2) is 6.28. The second-order valence-corrected chi connectivity index (χ2v) is 8.36. The van der Waals surface area contributed by atoms with Gasteiger partial charge in [0.1, 0.15) is 0 Å². The fraction of sp³-hybridized carbons (Fsp3) is 0.944. The molecule has 3 atom stereocenters. The van der Waals surface area contributed by atoms with Crippen molar-refractivity contribution in [2.24, 2.45) is 16.7 Å². The van der Waals surface area contributed by atoms with Crippen LogP contribution in [0.15, 0.2) is 0 Å². The van der Waals surface area contributed by atoms with Crippen LogP contribution in [0.3, 0.4) is 0 Å². The van der Waals surface area contributed by atoms with Crippen molar-refractivity contribution in [2.45, 2.75) is 78.7 Å². The van der Waals surface area contributed by atoms with Gasteiger partial charge in [-0.05, 0) is 56.4 Å². The van der Waals surface area contributed by atoms with Gasteiger partial charge in [-0.3, -0.25) is 9.69 Å². The average molecular weight is 295 g/mol. The lowest BCUT2D eigenvalue weighted by Gasteiger charge is -2.49. The van der Waals surface area contributed by atoms with Crippen molar-refractivity contribution in [3.8, 4) is 0 Å². The Bertz CT molecular complexity index is 375. The lowest BCUT2D eigenvalue weighted by atomic mass is 9.68. The molecule has 2 fully saturated rings. The maximum absolute atomic E-state index is 11.9. The Labute approximate surface area is 130 Å². The molecule has 2 aliphatic rings. The lowest BCUT2D eigenvalue weighted by molar-refractivity contribution is -0.154. The molecule has 0 spiro atoms. The highest BCUT2D eigenvalue weighted by Gasteiger charge is 2.45. The molecule has 3 heteroatoms. The number of rotatable bonds is 4. The number of hydrogen-bond donors (Lipinski definition) is 1. The zero-order valence-corrected chi connectivity index (χ0v) is 14.3. The molecule has 0 bridgehead atoms. The first-order chi connectivity index (χ1) is 9.80. The Morgan fingerprint density at radius 3 is 2.62 bits per heavy atom. The third-order valence-electron chi connectivity index (χ3n) is 5.91. The van der Waals surface area contributed by atoms with Crippen molar-refractivity contribution in [3.63, 3.8) is 0 Å². The van der Waals surface area contributed by atoms with Crippen molar-refractivity contribution in [1.82, 2.24) is 4.90 Å². The van der Waals surface area contributed by atoms with Crippen molar-refractivity contribution >= 4 is 5.97 Å². The number of likely N-dealkylation sites (tertiary alicyclic amines) is 1. The summed E-state index contributed by atoms with van der Waals surface area (Å²) in [5.41, 5.74) is -0.0291. The zero-order chi connectivity index (χ0) is 15.7. The first kappa shape index (κ1) is 16.8. The summed E-state index contributed by atoms with van der Waals surface area (Å²) in [5, 5.41) is 9.76. The summed E-state index contributed by atoms with van der Waals surface area (Å²) in [6.07, 6.45) is 7.46. The van der Waals surface area contributed by atoms with E-state index in [1.807, 2.05) is 0 Å². The molecule has 1 saturated heterocycles. The molecule has 0 aromatic rings. The maximum atomic E-state index is 11.9. The number of aliphatic carboxylic acids is 1. The van der Waals surface area contributed by atoms with Gasteiger partial charge in [-0.25, -0.2) is 0 Å². The topological polar surface area (TPSA) is 40.5 Å². The van der Waals surface area contributed by atoms with E-state index in [-0.39, 0.29) is 0 Å². The van der Waals surface area contributed by atoms with Crippen molar-refractivity contribution < 1.29 is 9.90 Å². The van der Waals surface area contributed by atoms with Gasteiger partial charge in [0.25, 0.3) is 0 Å². The van der Waals surface area contributed by atoms with E-state index in [0.29, 0.717) is 17.4 Å². The highest BCUT2D eigenvalue weighted by Crippen LogP contribution is 2.43. The highest BCUT2D eigenvalue weighted by atomic mass is 16.4. The quantitative estimate of drug-likeness (QED) is 0.846. The van der Waals surface area contributed by atoms with Crippen molar-refractivity contribution in [2.75, 3.05) is 13.1 Å². The Balaban J connectivity index is 2.08. The standard InChI is InChI=1S/C18H33NO2/c1-5-8-18(16(20)21)9-6-11-19(13-18)15-7-10-17(3,4)12-14(15)2/h14-15H,5-13H2,1-4H3,(H,20,21). The summed E-state index contributed by atoms with van der Waals surface area (Å²) in [6, 6.07) is 0.592. The minimum Gasteiger partial charge on any atom is -0.481 e. The first-order valence-electron chi connectivity index (χ1n) is 8.77. The highest BCUT2D eigenvalue weighted by molar-refractivity contribution is 5.75. The van der Waals surface area contributed by atoms with Crippen LogP contribution in [0.4, 0.5) is 0 Å². The minimum absolute atomic E-state index is 0.457. The number of carboxylic acid groups (broad SMARTS) is 1. The van der Waals surface area contributed by atoms with Gasteiger partial charge in [-0.1, -0.05) is 34.1 Å². The molecule has 0 radical (unpaired) electrons. The fourth-order valence-electron chi connectivity index (χ4n) is 4.89. The monoisotopic (exact) mass is 295 g/mol. The minimum atomic E-state index is -0.571. The SMILES string of the molecule is CCCC1(C(=O)O)CCCN(C2CCC(C)(C)CC2C)C1. The van der Waals surface area contributed by atoms with Crippen LogP contribution in [-0.2, 0) is 4.79 Å². The summed E-state index contributed by atoms with van der Waals surface area (Å²) < 4.78 is 0. The number of nitrogens with zero attached hydrogens (tertiary/aromatic N) is 1. The Hall–Kier alpha value is -0.570. The lowest BCUT2D eigenvalue weighted by Crippen LogP contribution is -2.54. The van der Waals surface area contributed by atoms with Crippen LogP contribution in [0, 0.1) is 16.7 Å². The summed E-state index contributed by atoms with van der Waals surface area (Å²) in [6.45, 7) is 11.1. The predicted molar refractivity (Wildman–Crippen MR) is 86.4 cm³/mol. The smallest absolute Gasteiger partial charge is 0.310 e. The normalized spacial score (nSPS) is 37.3. The Kier molecular flexibility index (Phi) is 5.02. The van der Waals surface area contributed by atoms with Crippen molar-refractivity contribution in [3.05, 3.63) is 0 Å². The molecule has 1 saturated carbocycles. The molecule has 0 amide bonds. The molecule has 0 aromatic carbocycles. The van der Waals surface area contributed by atoms with E-state index < -0.39 is 11.4 Å². The molecule has 1 N–H and O–H groups in total. The molecule has 21 heavy (non-hydrogen) atoms. The van der Waals surface area contributed by atoms with E-state index in [1.54, 1.807) is 0 Å². The van der Waals surface area contributed by atoms with E-state index in [2.05, 4.69) is 32.6 Å². The van der Waals surface area contributed by atoms with E-state index in [4.69, 9.17) is 0 Å². The van der Waals surface area contributed by atoms with Crippen LogP contribution in [0.25, 0.3) is 0 Å². The largest absolute Gasteiger partial charge is 0.481 e. The molecule has 1 aliphatic heterocycles. The van der Waals surface area contributed by atoms with Gasteiger partial charge in [-0.2, -0.15) is 0 Å². The van der Waals surface area contributed by atoms with Crippen LogP contribution in [0.5, 0.6) is 0 Å². The van der Waals surface area contributed by atoms with E-state index in [0.717, 1.165) is 38.8 Å². The zero-order valence-electron chi connectivity index (χ0n) is 14.3. The third-order valence-corrected chi connectivity index (χ3v) is 5.91. The predicted octanol–water partition coefficient (Wildman–Crippen LogP) is 4.17. The first-order valence-corrected chi connectivity index (χ1v) is 8.77. The third kappa shape index (κ3) is 3.61. The van der Waals surface area contributed by atoms with Crippen LogP contribution in [0.1, 0.15) is 72.6 Å². The summed E-state index contributed by atoms with van der Waals surface area (Å²) in [4.78, 5) is 14.4. The van der Waals surface area contributed by atoms with Crippen molar-refractivity contribution in [1.29, 1.82) is 0 Å². The van der Waals surface area contributed by atoms with Gasteiger partial charge in [-0.15, -0.1) is 0 Å². The second-order valence-electron chi connectivity index (χ2n) is 8.36. The van der Waals surface area contributed by atoms with Crippen LogP contribution in [-0.4, -0.2) is 35.1 Å². The average Bonchev–Trinajstić information content (AvgIpc) is 2.38. The molecule has 2 rings (SSSR count). The van der Waals surface area contributed by atoms with E-state index in [9.17, 15) is 9.90 Å². The Morgan fingerprint density at radius 1 is 1.33 bits per heavy atom. The molecular weight excluding hydrogens is 262 g/mol. The van der Waals surface area contributed by atoms with Gasteiger partial charge in [0.05, 0.1) is 5.41 Å². The van der Waals surface area contributed by atoms with E-state index in [1.165, 1.54) is 19.3 Å². The fourth-order valence-corrected chi connectivity index (χ4v) is 4.89. The van der Waals surface area contributed by atoms with Gasteiger partial charge in [0.15, 0.2) is 0 Å². The molecule has 122 valence electrons. The molecule has 1 aliphatic carbocycles. The molecule has 3 nitrogen and oxygen atoms in total. The van der Waals surface area contributed by atoms with Gasteiger partial charge >= 0.3 is 5.97 Å². The van der Waals surface area contributed by atoms with Crippen LogP contribution in [0.2, 0.25) is 0 Å². The summed E-state index contributed by atoms with van der Waals surface area (Å²) >= 11 is 0.